The summed E-state index contributed by atoms with van der Waals surface area (Å²) in [6.07, 6.45) is 2.27. The maximum atomic E-state index is 9.12. The van der Waals surface area contributed by atoms with Gasteiger partial charge in [0.25, 0.3) is 0 Å². The second kappa shape index (κ2) is 5.94. The molecule has 4 N–H and O–H groups in total. The minimum absolute atomic E-state index is 0.103. The Balaban J connectivity index is 2.25. The van der Waals surface area contributed by atoms with Gasteiger partial charge in [-0.15, -0.1) is 0 Å². The Morgan fingerprint density at radius 1 is 1.56 bits per heavy atom. The van der Waals surface area contributed by atoms with Crippen molar-refractivity contribution < 1.29 is 9.84 Å². The SMILES string of the molecule is COCc1nc(NN)cc(N(CCO)C2CC2)n1. The number of methoxy groups -OCH3 is 1. The van der Waals surface area contributed by atoms with E-state index in [0.717, 1.165) is 18.7 Å². The van der Waals surface area contributed by atoms with E-state index in [9.17, 15) is 0 Å². The van der Waals surface area contributed by atoms with Crippen molar-refractivity contribution in [2.45, 2.75) is 25.5 Å². The quantitative estimate of drug-likeness (QED) is 0.460. The highest BCUT2D eigenvalue weighted by Gasteiger charge is 2.30. The van der Waals surface area contributed by atoms with Crippen LogP contribution >= 0.6 is 0 Å². The van der Waals surface area contributed by atoms with Crippen LogP contribution in [0.25, 0.3) is 0 Å². The molecule has 0 spiro atoms. The average molecular weight is 253 g/mol. The Kier molecular flexibility index (Phi) is 4.29. The van der Waals surface area contributed by atoms with Crippen molar-refractivity contribution in [3.63, 3.8) is 0 Å². The normalized spacial score (nSPS) is 14.6. The van der Waals surface area contributed by atoms with Crippen molar-refractivity contribution in [2.75, 3.05) is 30.6 Å². The number of aromatic nitrogens is 2. The fourth-order valence-corrected chi connectivity index (χ4v) is 1.88. The first-order valence-corrected chi connectivity index (χ1v) is 5.99. The summed E-state index contributed by atoms with van der Waals surface area (Å²) in [4.78, 5) is 10.7. The smallest absolute Gasteiger partial charge is 0.158 e. The molecule has 1 aromatic heterocycles. The molecule has 7 heteroatoms. The number of nitrogen functional groups attached to an aromatic ring is 1. The van der Waals surface area contributed by atoms with Crippen LogP contribution in [0.3, 0.4) is 0 Å². The predicted molar refractivity (Wildman–Crippen MR) is 68.0 cm³/mol. The Bertz CT molecular complexity index is 397. The highest BCUT2D eigenvalue weighted by Crippen LogP contribution is 2.31. The summed E-state index contributed by atoms with van der Waals surface area (Å²) in [7, 11) is 1.60. The summed E-state index contributed by atoms with van der Waals surface area (Å²) >= 11 is 0. The number of aliphatic hydroxyl groups is 1. The topological polar surface area (TPSA) is 96.5 Å². The fourth-order valence-electron chi connectivity index (χ4n) is 1.88. The van der Waals surface area contributed by atoms with Gasteiger partial charge < -0.3 is 20.2 Å². The van der Waals surface area contributed by atoms with Crippen molar-refractivity contribution in [2.24, 2.45) is 5.84 Å². The Hall–Kier alpha value is -1.44. The Morgan fingerprint density at radius 3 is 2.89 bits per heavy atom. The Morgan fingerprint density at radius 2 is 2.33 bits per heavy atom. The minimum atomic E-state index is 0.103. The average Bonchev–Trinajstić information content (AvgIpc) is 3.20. The minimum Gasteiger partial charge on any atom is -0.395 e. The van der Waals surface area contributed by atoms with Gasteiger partial charge in [-0.2, -0.15) is 0 Å². The van der Waals surface area contributed by atoms with Crippen molar-refractivity contribution in [3.8, 4) is 0 Å². The summed E-state index contributed by atoms with van der Waals surface area (Å²) < 4.78 is 5.04. The van der Waals surface area contributed by atoms with Crippen molar-refractivity contribution >= 4 is 11.6 Å². The number of anilines is 2. The van der Waals surface area contributed by atoms with Gasteiger partial charge in [-0.1, -0.05) is 0 Å². The largest absolute Gasteiger partial charge is 0.395 e. The van der Waals surface area contributed by atoms with E-state index in [0.29, 0.717) is 30.8 Å². The van der Waals surface area contributed by atoms with E-state index in [-0.39, 0.29) is 6.61 Å². The molecule has 7 nitrogen and oxygen atoms in total. The molecule has 2 rings (SSSR count). The fraction of sp³-hybridized carbons (Fsp3) is 0.636. The lowest BCUT2D eigenvalue weighted by Gasteiger charge is -2.23. The van der Waals surface area contributed by atoms with Gasteiger partial charge in [0.15, 0.2) is 5.82 Å². The third-order valence-corrected chi connectivity index (χ3v) is 2.80. The van der Waals surface area contributed by atoms with Crippen LogP contribution in [0.15, 0.2) is 6.07 Å². The third-order valence-electron chi connectivity index (χ3n) is 2.80. The molecule has 1 aliphatic rings. The molecule has 0 radical (unpaired) electrons. The second-order valence-electron chi connectivity index (χ2n) is 4.25. The summed E-state index contributed by atoms with van der Waals surface area (Å²) in [6, 6.07) is 2.25. The zero-order valence-electron chi connectivity index (χ0n) is 10.5. The number of nitrogens with two attached hydrogens (primary N) is 1. The van der Waals surface area contributed by atoms with Crippen LogP contribution < -0.4 is 16.2 Å². The van der Waals surface area contributed by atoms with Gasteiger partial charge in [0.2, 0.25) is 0 Å². The third kappa shape index (κ3) is 3.06. The molecule has 0 atom stereocenters. The maximum Gasteiger partial charge on any atom is 0.158 e. The first-order chi connectivity index (χ1) is 8.78. The van der Waals surface area contributed by atoms with Gasteiger partial charge in [0, 0.05) is 25.8 Å². The maximum absolute atomic E-state index is 9.12. The van der Waals surface area contributed by atoms with Gasteiger partial charge in [-0.05, 0) is 12.8 Å². The molecular weight excluding hydrogens is 234 g/mol. The first kappa shape index (κ1) is 13.0. The van der Waals surface area contributed by atoms with Gasteiger partial charge in [0.05, 0.1) is 6.61 Å². The molecule has 0 bridgehead atoms. The van der Waals surface area contributed by atoms with E-state index in [2.05, 4.69) is 20.3 Å². The number of ether oxygens (including phenoxy) is 1. The number of hydrogen-bond acceptors (Lipinski definition) is 7. The second-order valence-corrected chi connectivity index (χ2v) is 4.25. The highest BCUT2D eigenvalue weighted by molar-refractivity contribution is 5.50. The van der Waals surface area contributed by atoms with Crippen LogP contribution in [0.4, 0.5) is 11.6 Å². The summed E-state index contributed by atoms with van der Waals surface area (Å²) in [5.41, 5.74) is 2.53. The van der Waals surface area contributed by atoms with Gasteiger partial charge >= 0.3 is 0 Å². The molecule has 0 aliphatic heterocycles. The Labute approximate surface area is 106 Å². The molecule has 0 aromatic carbocycles. The van der Waals surface area contributed by atoms with Crippen molar-refractivity contribution in [3.05, 3.63) is 11.9 Å². The van der Waals surface area contributed by atoms with Gasteiger partial charge in [-0.25, -0.2) is 15.8 Å². The van der Waals surface area contributed by atoms with E-state index in [1.165, 1.54) is 0 Å². The van der Waals surface area contributed by atoms with Crippen LogP contribution in [-0.2, 0) is 11.3 Å². The lowest BCUT2D eigenvalue weighted by Crippen LogP contribution is -2.30. The lowest BCUT2D eigenvalue weighted by atomic mass is 10.4. The molecule has 0 saturated heterocycles. The van der Waals surface area contributed by atoms with Crippen LogP contribution in [-0.4, -0.2) is 41.4 Å². The highest BCUT2D eigenvalue weighted by atomic mass is 16.5. The summed E-state index contributed by atoms with van der Waals surface area (Å²) in [5.74, 6) is 7.31. The van der Waals surface area contributed by atoms with Crippen LogP contribution in [0.1, 0.15) is 18.7 Å². The lowest BCUT2D eigenvalue weighted by molar-refractivity contribution is 0.178. The van der Waals surface area contributed by atoms with Crippen molar-refractivity contribution in [1.82, 2.24) is 9.97 Å². The summed E-state index contributed by atoms with van der Waals surface area (Å²) in [6.45, 7) is 1.00. The molecule has 1 aliphatic carbocycles. The number of aliphatic hydroxyl groups excluding tert-OH is 1. The number of hydrazine groups is 1. The monoisotopic (exact) mass is 253 g/mol. The van der Waals surface area contributed by atoms with E-state index in [4.69, 9.17) is 15.7 Å². The molecule has 18 heavy (non-hydrogen) atoms. The molecule has 1 aromatic rings. The standard InChI is InChI=1S/C11H19N5O2/c1-18-7-10-13-9(15-12)6-11(14-10)16(4-5-17)8-2-3-8/h6,8,17H,2-5,7,12H2,1H3,(H,13,14,15). The van der Waals surface area contributed by atoms with Gasteiger partial charge in [0.1, 0.15) is 18.2 Å². The number of hydrogen-bond donors (Lipinski definition) is 3. The van der Waals surface area contributed by atoms with Crippen molar-refractivity contribution in [1.29, 1.82) is 0 Å². The van der Waals surface area contributed by atoms with Gasteiger partial charge in [-0.3, -0.25) is 0 Å². The molecule has 1 saturated carbocycles. The van der Waals surface area contributed by atoms with E-state index in [1.807, 2.05) is 0 Å². The van der Waals surface area contributed by atoms with Crippen LogP contribution in [0, 0.1) is 0 Å². The van der Waals surface area contributed by atoms with Crippen LogP contribution in [0.2, 0.25) is 0 Å². The number of nitrogens with one attached hydrogen (secondary N) is 1. The molecule has 1 fully saturated rings. The van der Waals surface area contributed by atoms with Crippen LogP contribution in [0.5, 0.6) is 0 Å². The number of nitrogens with zero attached hydrogens (tertiary/aromatic N) is 3. The molecule has 1 heterocycles. The molecule has 0 unspecified atom stereocenters. The first-order valence-electron chi connectivity index (χ1n) is 5.99. The molecular formula is C11H19N5O2. The molecule has 0 amide bonds. The zero-order valence-corrected chi connectivity index (χ0v) is 10.5. The predicted octanol–water partition coefficient (Wildman–Crippen LogP) is -0.130. The van der Waals surface area contributed by atoms with E-state index >= 15 is 0 Å². The zero-order chi connectivity index (χ0) is 13.0. The van der Waals surface area contributed by atoms with E-state index < -0.39 is 0 Å². The summed E-state index contributed by atoms with van der Waals surface area (Å²) in [5, 5.41) is 9.12. The number of rotatable bonds is 7. The van der Waals surface area contributed by atoms with E-state index in [1.54, 1.807) is 13.2 Å². The molecule has 100 valence electrons.